The minimum Gasteiger partial charge on any atom is -0.494 e. The second kappa shape index (κ2) is 10.8. The van der Waals surface area contributed by atoms with E-state index in [0.717, 1.165) is 0 Å². The topological polar surface area (TPSA) is 9.23 Å². The van der Waals surface area contributed by atoms with E-state index in [4.69, 9.17) is 4.74 Å². The smallest absolute Gasteiger partial charge is 0.167 e. The van der Waals surface area contributed by atoms with Gasteiger partial charge < -0.3 is 4.74 Å². The van der Waals surface area contributed by atoms with Crippen LogP contribution >= 0.6 is 0 Å². The van der Waals surface area contributed by atoms with Crippen molar-refractivity contribution in [3.05, 3.63) is 65.0 Å². The quantitative estimate of drug-likeness (QED) is 0.633. The highest BCUT2D eigenvalue weighted by atomic mass is 19.1. The summed E-state index contributed by atoms with van der Waals surface area (Å²) in [4.78, 5) is 0. The predicted octanol–water partition coefficient (Wildman–Crippen LogP) is 6.29. The maximum absolute atomic E-state index is 12.9. The van der Waals surface area contributed by atoms with E-state index >= 15 is 0 Å². The number of rotatable bonds is 2. The van der Waals surface area contributed by atoms with Crippen LogP contribution in [0.25, 0.3) is 0 Å². The number of halogens is 1. The molecule has 0 heterocycles. The number of hydrogen-bond donors (Lipinski definition) is 0. The molecule has 0 aliphatic carbocycles. The predicted molar refractivity (Wildman–Crippen MR) is 94.3 cm³/mol. The van der Waals surface area contributed by atoms with E-state index in [0.29, 0.717) is 17.2 Å². The monoisotopic (exact) mass is 304 g/mol. The molecule has 1 nitrogen and oxygen atoms in total. The van der Waals surface area contributed by atoms with Gasteiger partial charge in [-0.1, -0.05) is 69.7 Å². The minimum absolute atomic E-state index is 0.273. The molecule has 0 radical (unpaired) electrons. The highest BCUT2D eigenvalue weighted by Crippen LogP contribution is 2.18. The summed E-state index contributed by atoms with van der Waals surface area (Å²) in [7, 11) is 1.46. The second-order valence-corrected chi connectivity index (χ2v) is 5.16. The van der Waals surface area contributed by atoms with Gasteiger partial charge in [0.2, 0.25) is 0 Å². The summed E-state index contributed by atoms with van der Waals surface area (Å²) in [6.07, 6.45) is 0. The molecule has 0 N–H and O–H groups in total. The van der Waals surface area contributed by atoms with Crippen molar-refractivity contribution in [2.24, 2.45) is 0 Å². The van der Waals surface area contributed by atoms with Crippen LogP contribution in [-0.2, 0) is 0 Å². The molecular formula is C20H29FO. The van der Waals surface area contributed by atoms with Crippen LogP contribution in [-0.4, -0.2) is 7.11 Å². The largest absolute Gasteiger partial charge is 0.494 e. The van der Waals surface area contributed by atoms with Crippen LogP contribution in [0.15, 0.2) is 42.5 Å². The molecule has 0 saturated carbocycles. The molecule has 0 amide bonds. The van der Waals surface area contributed by atoms with Crippen molar-refractivity contribution in [2.45, 2.75) is 47.5 Å². The number of aryl methyl sites for hydroxylation is 2. The lowest BCUT2D eigenvalue weighted by Crippen LogP contribution is -1.89. The van der Waals surface area contributed by atoms with Crippen molar-refractivity contribution in [2.75, 3.05) is 7.11 Å². The Bertz CT molecular complexity index is 547. The number of methoxy groups -OCH3 is 1. The fraction of sp³-hybridized carbons (Fsp3) is 0.400. The van der Waals surface area contributed by atoms with Crippen molar-refractivity contribution < 1.29 is 9.13 Å². The van der Waals surface area contributed by atoms with Gasteiger partial charge in [0.15, 0.2) is 11.6 Å². The summed E-state index contributed by atoms with van der Waals surface area (Å²) in [6.45, 7) is 12.3. The van der Waals surface area contributed by atoms with Crippen molar-refractivity contribution in [3.63, 3.8) is 0 Å². The van der Waals surface area contributed by atoms with Gasteiger partial charge >= 0.3 is 0 Å². The summed E-state index contributed by atoms with van der Waals surface area (Å²) in [5.41, 5.74) is 3.39. The SMILES string of the molecule is CC.COc1cccc(C)c1F.Cc1cccc(C(C)C)c1. The standard InChI is InChI=1S/C10H14.C8H9FO.C2H6/c1-8(2)10-6-4-5-9(3)7-10;1-6-4-3-5-7(10-2)8(6)9;1-2/h4-8H,1-3H3;3-5H,1-2H3;1-2H3. The molecule has 0 aromatic heterocycles. The van der Waals surface area contributed by atoms with Crippen molar-refractivity contribution in [1.82, 2.24) is 0 Å². The van der Waals surface area contributed by atoms with Gasteiger partial charge in [0.05, 0.1) is 7.11 Å². The van der Waals surface area contributed by atoms with Crippen LogP contribution in [0.5, 0.6) is 5.75 Å². The van der Waals surface area contributed by atoms with Gasteiger partial charge in [0.1, 0.15) is 0 Å². The molecule has 0 aliphatic heterocycles. The Hall–Kier alpha value is -1.83. The third-order valence-corrected chi connectivity index (χ3v) is 3.09. The first-order valence-corrected chi connectivity index (χ1v) is 7.81. The van der Waals surface area contributed by atoms with Crippen molar-refractivity contribution in [1.29, 1.82) is 0 Å². The highest BCUT2D eigenvalue weighted by molar-refractivity contribution is 5.29. The van der Waals surface area contributed by atoms with E-state index in [1.165, 1.54) is 18.2 Å². The van der Waals surface area contributed by atoms with Crippen LogP contribution in [0.4, 0.5) is 4.39 Å². The van der Waals surface area contributed by atoms with Gasteiger partial charge in [0.25, 0.3) is 0 Å². The maximum atomic E-state index is 12.9. The molecule has 2 rings (SSSR count). The van der Waals surface area contributed by atoms with Gasteiger partial charge in [-0.3, -0.25) is 0 Å². The fourth-order valence-electron chi connectivity index (χ4n) is 1.81. The van der Waals surface area contributed by atoms with E-state index in [2.05, 4.69) is 45.0 Å². The summed E-state index contributed by atoms with van der Waals surface area (Å²) in [5.74, 6) is 0.685. The van der Waals surface area contributed by atoms with Crippen LogP contribution in [0.1, 0.15) is 50.3 Å². The molecule has 122 valence electrons. The molecule has 0 unspecified atom stereocenters. The van der Waals surface area contributed by atoms with Crippen LogP contribution in [0, 0.1) is 19.7 Å². The lowest BCUT2D eigenvalue weighted by molar-refractivity contribution is 0.385. The molecule has 0 atom stereocenters. The zero-order valence-corrected chi connectivity index (χ0v) is 14.9. The van der Waals surface area contributed by atoms with Crippen LogP contribution < -0.4 is 4.74 Å². The van der Waals surface area contributed by atoms with Gasteiger partial charge in [-0.05, 0) is 37.0 Å². The van der Waals surface area contributed by atoms with E-state index in [1.807, 2.05) is 13.8 Å². The number of benzene rings is 2. The highest BCUT2D eigenvalue weighted by Gasteiger charge is 2.02. The Balaban J connectivity index is 0.000000360. The summed E-state index contributed by atoms with van der Waals surface area (Å²) < 4.78 is 17.6. The first-order chi connectivity index (χ1) is 10.5. The van der Waals surface area contributed by atoms with Gasteiger partial charge in [-0.2, -0.15) is 0 Å². The van der Waals surface area contributed by atoms with Crippen molar-refractivity contribution in [3.8, 4) is 5.75 Å². The van der Waals surface area contributed by atoms with Gasteiger partial charge in [-0.25, -0.2) is 4.39 Å². The van der Waals surface area contributed by atoms with Gasteiger partial charge in [0, 0.05) is 0 Å². The average molecular weight is 304 g/mol. The van der Waals surface area contributed by atoms with Gasteiger partial charge in [-0.15, -0.1) is 0 Å². The van der Waals surface area contributed by atoms with E-state index < -0.39 is 0 Å². The Morgan fingerprint density at radius 3 is 1.95 bits per heavy atom. The van der Waals surface area contributed by atoms with Crippen LogP contribution in [0.2, 0.25) is 0 Å². The normalized spacial score (nSPS) is 9.32. The Labute approximate surface area is 135 Å². The zero-order chi connectivity index (χ0) is 17.1. The summed E-state index contributed by atoms with van der Waals surface area (Å²) >= 11 is 0. The summed E-state index contributed by atoms with van der Waals surface area (Å²) in [5, 5.41) is 0. The lowest BCUT2D eigenvalue weighted by atomic mass is 10.0. The molecule has 2 heteroatoms. The van der Waals surface area contributed by atoms with Crippen molar-refractivity contribution >= 4 is 0 Å². The molecular weight excluding hydrogens is 275 g/mol. The number of hydrogen-bond acceptors (Lipinski definition) is 1. The third kappa shape index (κ3) is 6.75. The minimum atomic E-state index is -0.273. The fourth-order valence-corrected chi connectivity index (χ4v) is 1.81. The Morgan fingerprint density at radius 1 is 0.955 bits per heavy atom. The molecule has 2 aromatic carbocycles. The molecule has 0 saturated heterocycles. The Kier molecular flexibility index (Phi) is 9.93. The molecule has 0 fully saturated rings. The molecule has 0 spiro atoms. The third-order valence-electron chi connectivity index (χ3n) is 3.09. The summed E-state index contributed by atoms with van der Waals surface area (Å²) in [6, 6.07) is 13.7. The van der Waals surface area contributed by atoms with Crippen LogP contribution in [0.3, 0.4) is 0 Å². The molecule has 2 aromatic rings. The first kappa shape index (κ1) is 20.2. The second-order valence-electron chi connectivity index (χ2n) is 5.16. The first-order valence-electron chi connectivity index (χ1n) is 7.81. The zero-order valence-electron chi connectivity index (χ0n) is 14.9. The average Bonchev–Trinajstić information content (AvgIpc) is 2.52. The van der Waals surface area contributed by atoms with E-state index in [-0.39, 0.29) is 5.82 Å². The van der Waals surface area contributed by atoms with E-state index in [9.17, 15) is 4.39 Å². The molecule has 0 aliphatic rings. The number of ether oxygens (including phenoxy) is 1. The Morgan fingerprint density at radius 2 is 1.55 bits per heavy atom. The molecule has 22 heavy (non-hydrogen) atoms. The maximum Gasteiger partial charge on any atom is 0.167 e. The van der Waals surface area contributed by atoms with E-state index in [1.54, 1.807) is 25.1 Å². The molecule has 0 bridgehead atoms. The lowest BCUT2D eigenvalue weighted by Gasteiger charge is -2.04.